The molecule has 0 spiro atoms. The average Bonchev–Trinajstić information content (AvgIpc) is 2.73. The number of aryl methyl sites for hydroxylation is 1. The molecule has 0 unspecified atom stereocenters. The first-order valence-electron chi connectivity index (χ1n) is 9.57. The molecular formula is C23H23ClN2O3S2. The highest BCUT2D eigenvalue weighted by molar-refractivity contribution is 7.92. The van der Waals surface area contributed by atoms with Crippen LogP contribution in [0.3, 0.4) is 0 Å². The van der Waals surface area contributed by atoms with Gasteiger partial charge in [0.1, 0.15) is 6.54 Å². The van der Waals surface area contributed by atoms with E-state index in [4.69, 9.17) is 11.6 Å². The van der Waals surface area contributed by atoms with E-state index >= 15 is 0 Å². The number of rotatable bonds is 7. The third-order valence-electron chi connectivity index (χ3n) is 4.80. The van der Waals surface area contributed by atoms with Crippen molar-refractivity contribution in [2.75, 3.05) is 10.8 Å². The van der Waals surface area contributed by atoms with Gasteiger partial charge in [-0.3, -0.25) is 9.10 Å². The first-order valence-corrected chi connectivity index (χ1v) is 11.8. The van der Waals surface area contributed by atoms with Gasteiger partial charge in [-0.05, 0) is 61.4 Å². The molecule has 1 amide bonds. The van der Waals surface area contributed by atoms with Crippen LogP contribution in [0.2, 0.25) is 5.02 Å². The van der Waals surface area contributed by atoms with E-state index in [0.717, 1.165) is 20.3 Å². The molecule has 0 heterocycles. The van der Waals surface area contributed by atoms with Crippen LogP contribution in [0.5, 0.6) is 0 Å². The van der Waals surface area contributed by atoms with E-state index in [1.165, 1.54) is 12.1 Å². The molecule has 0 radical (unpaired) electrons. The standard InChI is InChI=1S/C23H23ClN2O3S2/c1-16-9-11-20(12-10-16)31(28,29)26(22-8-4-7-21(24)17(22)2)15-23(27)25-14-18-5-3-6-19(30)13-18/h3-13,30H,14-15H2,1-2H3,(H,25,27). The number of hydrogen-bond acceptors (Lipinski definition) is 4. The third kappa shape index (κ3) is 5.61. The summed E-state index contributed by atoms with van der Waals surface area (Å²) in [5.41, 5.74) is 2.75. The van der Waals surface area contributed by atoms with Gasteiger partial charge in [0, 0.05) is 16.5 Å². The number of benzene rings is 3. The Morgan fingerprint density at radius 1 is 1.03 bits per heavy atom. The second kappa shape index (κ2) is 9.77. The van der Waals surface area contributed by atoms with Crippen LogP contribution in [-0.2, 0) is 21.4 Å². The minimum Gasteiger partial charge on any atom is -0.350 e. The summed E-state index contributed by atoms with van der Waals surface area (Å²) in [7, 11) is -3.99. The van der Waals surface area contributed by atoms with E-state index in [2.05, 4.69) is 17.9 Å². The molecule has 31 heavy (non-hydrogen) atoms. The van der Waals surface area contributed by atoms with E-state index in [-0.39, 0.29) is 18.0 Å². The summed E-state index contributed by atoms with van der Waals surface area (Å²) in [6.07, 6.45) is 0. The monoisotopic (exact) mass is 474 g/mol. The van der Waals surface area contributed by atoms with Gasteiger partial charge in [-0.1, -0.05) is 47.5 Å². The number of anilines is 1. The van der Waals surface area contributed by atoms with Crippen LogP contribution in [0.1, 0.15) is 16.7 Å². The Balaban J connectivity index is 1.91. The lowest BCUT2D eigenvalue weighted by Crippen LogP contribution is -2.41. The fourth-order valence-electron chi connectivity index (χ4n) is 3.06. The van der Waals surface area contributed by atoms with Gasteiger partial charge in [0.25, 0.3) is 10.0 Å². The smallest absolute Gasteiger partial charge is 0.264 e. The van der Waals surface area contributed by atoms with Crippen LogP contribution in [0.4, 0.5) is 5.69 Å². The molecule has 3 aromatic carbocycles. The Morgan fingerprint density at radius 2 is 1.71 bits per heavy atom. The lowest BCUT2D eigenvalue weighted by molar-refractivity contribution is -0.119. The Bertz CT molecular complexity index is 1200. The van der Waals surface area contributed by atoms with Crippen molar-refractivity contribution in [3.63, 3.8) is 0 Å². The molecule has 0 saturated heterocycles. The zero-order valence-electron chi connectivity index (χ0n) is 17.2. The van der Waals surface area contributed by atoms with E-state index in [1.807, 2.05) is 31.2 Å². The van der Waals surface area contributed by atoms with Crippen molar-refractivity contribution in [2.45, 2.75) is 30.2 Å². The van der Waals surface area contributed by atoms with E-state index in [1.54, 1.807) is 37.3 Å². The molecular weight excluding hydrogens is 452 g/mol. The second-order valence-corrected chi connectivity index (χ2v) is 9.94. The lowest BCUT2D eigenvalue weighted by Gasteiger charge is -2.26. The summed E-state index contributed by atoms with van der Waals surface area (Å²) in [5, 5.41) is 3.20. The highest BCUT2D eigenvalue weighted by Crippen LogP contribution is 2.30. The number of carbonyl (C=O) groups is 1. The fraction of sp³-hybridized carbons (Fsp3) is 0.174. The van der Waals surface area contributed by atoms with Crippen LogP contribution in [0.15, 0.2) is 76.5 Å². The van der Waals surface area contributed by atoms with Gasteiger partial charge in [0.15, 0.2) is 0 Å². The van der Waals surface area contributed by atoms with Crippen molar-refractivity contribution in [1.29, 1.82) is 0 Å². The maximum absolute atomic E-state index is 13.5. The van der Waals surface area contributed by atoms with Gasteiger partial charge in [-0.15, -0.1) is 12.6 Å². The number of nitrogens with zero attached hydrogens (tertiary/aromatic N) is 1. The summed E-state index contributed by atoms with van der Waals surface area (Å²) >= 11 is 10.5. The van der Waals surface area contributed by atoms with E-state index in [0.29, 0.717) is 16.3 Å². The van der Waals surface area contributed by atoms with Crippen LogP contribution in [-0.4, -0.2) is 20.9 Å². The van der Waals surface area contributed by atoms with Crippen molar-refractivity contribution in [3.8, 4) is 0 Å². The normalized spacial score (nSPS) is 11.2. The number of sulfonamides is 1. The molecule has 0 aliphatic heterocycles. The van der Waals surface area contributed by atoms with E-state index in [9.17, 15) is 13.2 Å². The first kappa shape index (κ1) is 23.2. The molecule has 0 fully saturated rings. The topological polar surface area (TPSA) is 66.5 Å². The highest BCUT2D eigenvalue weighted by atomic mass is 35.5. The minimum absolute atomic E-state index is 0.105. The zero-order chi connectivity index (χ0) is 22.6. The van der Waals surface area contributed by atoms with Gasteiger partial charge in [-0.2, -0.15) is 0 Å². The van der Waals surface area contributed by atoms with Gasteiger partial charge >= 0.3 is 0 Å². The number of hydrogen-bond donors (Lipinski definition) is 2. The van der Waals surface area contributed by atoms with Crippen molar-refractivity contribution >= 4 is 45.8 Å². The van der Waals surface area contributed by atoms with Crippen molar-refractivity contribution in [3.05, 3.63) is 88.4 Å². The molecule has 3 rings (SSSR count). The molecule has 0 saturated carbocycles. The molecule has 0 aliphatic rings. The van der Waals surface area contributed by atoms with Crippen molar-refractivity contribution in [2.24, 2.45) is 0 Å². The molecule has 0 atom stereocenters. The summed E-state index contributed by atoms with van der Waals surface area (Å²) < 4.78 is 28.0. The Hall–Kier alpha value is -2.48. The Kier molecular flexibility index (Phi) is 7.30. The van der Waals surface area contributed by atoms with Crippen LogP contribution >= 0.6 is 24.2 Å². The summed E-state index contributed by atoms with van der Waals surface area (Å²) in [4.78, 5) is 13.6. The first-order chi connectivity index (χ1) is 14.7. The number of halogens is 1. The fourth-order valence-corrected chi connectivity index (χ4v) is 4.96. The van der Waals surface area contributed by atoms with Crippen LogP contribution < -0.4 is 9.62 Å². The number of nitrogens with one attached hydrogen (secondary N) is 1. The van der Waals surface area contributed by atoms with Crippen LogP contribution in [0.25, 0.3) is 0 Å². The third-order valence-corrected chi connectivity index (χ3v) is 7.27. The maximum Gasteiger partial charge on any atom is 0.264 e. The average molecular weight is 475 g/mol. The summed E-state index contributed by atoms with van der Waals surface area (Å²) in [6, 6.07) is 18.9. The maximum atomic E-state index is 13.5. The van der Waals surface area contributed by atoms with Gasteiger partial charge in [-0.25, -0.2) is 8.42 Å². The second-order valence-electron chi connectivity index (χ2n) is 7.16. The van der Waals surface area contributed by atoms with Gasteiger partial charge in [0.05, 0.1) is 10.6 Å². The molecule has 0 bridgehead atoms. The number of thiol groups is 1. The molecule has 8 heteroatoms. The molecule has 1 N–H and O–H groups in total. The van der Waals surface area contributed by atoms with Crippen molar-refractivity contribution < 1.29 is 13.2 Å². The largest absolute Gasteiger partial charge is 0.350 e. The summed E-state index contributed by atoms with van der Waals surface area (Å²) in [5.74, 6) is -0.431. The number of carbonyl (C=O) groups excluding carboxylic acids is 1. The molecule has 5 nitrogen and oxygen atoms in total. The quantitative estimate of drug-likeness (QED) is 0.485. The zero-order valence-corrected chi connectivity index (χ0v) is 19.6. The molecule has 0 aliphatic carbocycles. The van der Waals surface area contributed by atoms with E-state index < -0.39 is 15.9 Å². The SMILES string of the molecule is Cc1ccc(S(=O)(=O)N(CC(=O)NCc2cccc(S)c2)c2cccc(Cl)c2C)cc1. The Labute approximate surface area is 193 Å². The Morgan fingerprint density at radius 3 is 2.39 bits per heavy atom. The van der Waals surface area contributed by atoms with Crippen molar-refractivity contribution in [1.82, 2.24) is 5.32 Å². The highest BCUT2D eigenvalue weighted by Gasteiger charge is 2.28. The van der Waals surface area contributed by atoms with Crippen LogP contribution in [0, 0.1) is 13.8 Å². The van der Waals surface area contributed by atoms with Gasteiger partial charge in [0.2, 0.25) is 5.91 Å². The molecule has 162 valence electrons. The molecule has 0 aromatic heterocycles. The predicted octanol–water partition coefficient (Wildman–Crippen LogP) is 4.76. The molecule has 3 aromatic rings. The minimum atomic E-state index is -3.99. The lowest BCUT2D eigenvalue weighted by atomic mass is 10.2. The van der Waals surface area contributed by atoms with Gasteiger partial charge < -0.3 is 5.32 Å². The predicted molar refractivity (Wildman–Crippen MR) is 127 cm³/mol. The summed E-state index contributed by atoms with van der Waals surface area (Å²) in [6.45, 7) is 3.49. The number of amides is 1.